The van der Waals surface area contributed by atoms with Crippen molar-refractivity contribution in [1.82, 2.24) is 0 Å². The molecule has 6 nitrogen and oxygen atoms in total. The largest absolute Gasteiger partial charge is 0.496 e. The molecule has 2 aromatic carbocycles. The highest BCUT2D eigenvalue weighted by atomic mass is 79.9. The average molecular weight is 406 g/mol. The number of ether oxygens (including phenoxy) is 2. The lowest BCUT2D eigenvalue weighted by Crippen LogP contribution is -2.10. The summed E-state index contributed by atoms with van der Waals surface area (Å²) >= 11 is 3.38. The molecule has 0 fully saturated rings. The van der Waals surface area contributed by atoms with Crippen LogP contribution in [0.15, 0.2) is 53.0 Å². The molecule has 2 N–H and O–H groups in total. The van der Waals surface area contributed by atoms with Gasteiger partial charge in [0.25, 0.3) is 0 Å². The first-order valence-corrected chi connectivity index (χ1v) is 8.04. The Hall–Kier alpha value is -2.80. The first-order valence-electron chi connectivity index (χ1n) is 7.25. The lowest BCUT2D eigenvalue weighted by Gasteiger charge is -2.06. The number of carbonyl (C=O) groups excluding carboxylic acids is 1. The Bertz CT molecular complexity index is 787. The van der Waals surface area contributed by atoms with Crippen LogP contribution in [0.25, 0.3) is 6.08 Å². The highest BCUT2D eigenvalue weighted by Gasteiger charge is 2.03. The molecule has 0 atom stereocenters. The highest BCUT2D eigenvalue weighted by molar-refractivity contribution is 9.10. The number of halogens is 1. The summed E-state index contributed by atoms with van der Waals surface area (Å²) in [5.41, 5.74) is 1.34. The van der Waals surface area contributed by atoms with Crippen molar-refractivity contribution in [3.05, 3.63) is 58.6 Å². The summed E-state index contributed by atoms with van der Waals surface area (Å²) in [6, 6.07) is 11.9. The molecule has 0 radical (unpaired) electrons. The third-order valence-corrected chi connectivity index (χ3v) is 3.58. The van der Waals surface area contributed by atoms with Gasteiger partial charge in [0.2, 0.25) is 5.91 Å². The summed E-state index contributed by atoms with van der Waals surface area (Å²) in [5.74, 6) is -0.284. The monoisotopic (exact) mass is 405 g/mol. The lowest BCUT2D eigenvalue weighted by molar-refractivity contribution is -0.139. The second-order valence-corrected chi connectivity index (χ2v) is 5.83. The van der Waals surface area contributed by atoms with Gasteiger partial charge in [0.15, 0.2) is 6.61 Å². The Balaban J connectivity index is 1.98. The van der Waals surface area contributed by atoms with E-state index in [-0.39, 0.29) is 5.91 Å². The molecule has 0 saturated carbocycles. The molecule has 1 amide bonds. The Kier molecular flexibility index (Phi) is 6.59. The molecular formula is C18H16BrNO5. The molecule has 0 aliphatic rings. The maximum Gasteiger partial charge on any atom is 0.341 e. The SMILES string of the molecule is COc1ccc(Br)cc1/C=C/C(=O)Nc1ccc(OCC(=O)O)cc1. The second kappa shape index (κ2) is 8.89. The smallest absolute Gasteiger partial charge is 0.341 e. The highest BCUT2D eigenvalue weighted by Crippen LogP contribution is 2.24. The third-order valence-electron chi connectivity index (χ3n) is 3.09. The van der Waals surface area contributed by atoms with Crippen LogP contribution in [0.1, 0.15) is 5.56 Å². The first-order chi connectivity index (χ1) is 12.0. The summed E-state index contributed by atoms with van der Waals surface area (Å²) in [5, 5.41) is 11.3. The number of rotatable bonds is 7. The minimum Gasteiger partial charge on any atom is -0.496 e. The van der Waals surface area contributed by atoms with Gasteiger partial charge in [0, 0.05) is 21.8 Å². The topological polar surface area (TPSA) is 84.9 Å². The first kappa shape index (κ1) is 18.5. The fraction of sp³-hybridized carbons (Fsp3) is 0.111. The van der Waals surface area contributed by atoms with E-state index in [4.69, 9.17) is 14.6 Å². The van der Waals surface area contributed by atoms with E-state index in [1.54, 1.807) is 43.5 Å². The van der Waals surface area contributed by atoms with E-state index in [1.165, 1.54) is 6.08 Å². The molecular weight excluding hydrogens is 390 g/mol. The van der Waals surface area contributed by atoms with Crippen LogP contribution < -0.4 is 14.8 Å². The zero-order valence-electron chi connectivity index (χ0n) is 13.4. The zero-order chi connectivity index (χ0) is 18.2. The molecule has 0 saturated heterocycles. The second-order valence-electron chi connectivity index (χ2n) is 4.92. The van der Waals surface area contributed by atoms with Gasteiger partial charge in [-0.3, -0.25) is 4.79 Å². The number of carbonyl (C=O) groups is 2. The number of hydrogen-bond acceptors (Lipinski definition) is 4. The number of benzene rings is 2. The van der Waals surface area contributed by atoms with Crippen LogP contribution in [0, 0.1) is 0 Å². The van der Waals surface area contributed by atoms with E-state index in [0.29, 0.717) is 17.2 Å². The molecule has 0 heterocycles. The fourth-order valence-electron chi connectivity index (χ4n) is 1.96. The van der Waals surface area contributed by atoms with Gasteiger partial charge < -0.3 is 19.9 Å². The lowest BCUT2D eigenvalue weighted by atomic mass is 10.2. The maximum absolute atomic E-state index is 12.0. The number of carboxylic acid groups (broad SMARTS) is 1. The number of aliphatic carboxylic acids is 1. The van der Waals surface area contributed by atoms with Crippen molar-refractivity contribution in [1.29, 1.82) is 0 Å². The molecule has 0 aliphatic carbocycles. The molecule has 0 spiro atoms. The van der Waals surface area contributed by atoms with Crippen LogP contribution in [0.4, 0.5) is 5.69 Å². The van der Waals surface area contributed by atoms with Crippen molar-refractivity contribution in [2.45, 2.75) is 0 Å². The Morgan fingerprint density at radius 3 is 2.56 bits per heavy atom. The quantitative estimate of drug-likeness (QED) is 0.687. The van der Waals surface area contributed by atoms with Gasteiger partial charge in [0.05, 0.1) is 7.11 Å². The van der Waals surface area contributed by atoms with E-state index in [0.717, 1.165) is 10.0 Å². The maximum atomic E-state index is 12.0. The molecule has 7 heteroatoms. The summed E-state index contributed by atoms with van der Waals surface area (Å²) in [6.07, 6.45) is 3.06. The van der Waals surface area contributed by atoms with Crippen LogP contribution in [0.3, 0.4) is 0 Å². The normalized spacial score (nSPS) is 10.5. The summed E-state index contributed by atoms with van der Waals surface area (Å²) in [6.45, 7) is -0.414. The van der Waals surface area contributed by atoms with Gasteiger partial charge in [0.1, 0.15) is 11.5 Å². The molecule has 0 aromatic heterocycles. The molecule has 0 aliphatic heterocycles. The van der Waals surface area contributed by atoms with Crippen molar-refractivity contribution in [2.75, 3.05) is 19.0 Å². The van der Waals surface area contributed by atoms with E-state index in [2.05, 4.69) is 21.2 Å². The summed E-state index contributed by atoms with van der Waals surface area (Å²) < 4.78 is 11.1. The standard InChI is InChI=1S/C18H16BrNO5/c1-24-16-8-3-13(19)10-12(16)2-9-17(21)20-14-4-6-15(7-5-14)25-11-18(22)23/h2-10H,11H2,1H3,(H,20,21)(H,22,23)/b9-2+. The van der Waals surface area contributed by atoms with Crippen LogP contribution in [0.2, 0.25) is 0 Å². The zero-order valence-corrected chi connectivity index (χ0v) is 14.9. The summed E-state index contributed by atoms with van der Waals surface area (Å²) in [7, 11) is 1.56. The van der Waals surface area contributed by atoms with E-state index in [1.807, 2.05) is 12.1 Å². The Morgan fingerprint density at radius 1 is 1.20 bits per heavy atom. The number of anilines is 1. The minimum absolute atomic E-state index is 0.304. The van der Waals surface area contributed by atoms with Gasteiger partial charge in [-0.25, -0.2) is 4.79 Å². The van der Waals surface area contributed by atoms with E-state index >= 15 is 0 Å². The third kappa shape index (κ3) is 5.96. The van der Waals surface area contributed by atoms with Gasteiger partial charge in [-0.1, -0.05) is 15.9 Å². The molecule has 0 unspecified atom stereocenters. The van der Waals surface area contributed by atoms with Crippen molar-refractivity contribution in [3.8, 4) is 11.5 Å². The molecule has 25 heavy (non-hydrogen) atoms. The van der Waals surface area contributed by atoms with E-state index < -0.39 is 12.6 Å². The Morgan fingerprint density at radius 2 is 1.92 bits per heavy atom. The number of nitrogens with one attached hydrogen (secondary N) is 1. The molecule has 130 valence electrons. The average Bonchev–Trinajstić information content (AvgIpc) is 2.59. The van der Waals surface area contributed by atoms with Gasteiger partial charge >= 0.3 is 5.97 Å². The molecule has 0 bridgehead atoms. The number of hydrogen-bond donors (Lipinski definition) is 2. The predicted octanol–water partition coefficient (Wildman–Crippen LogP) is 3.57. The number of methoxy groups -OCH3 is 1. The minimum atomic E-state index is -1.05. The predicted molar refractivity (Wildman–Crippen MR) is 97.9 cm³/mol. The Labute approximate surface area is 153 Å². The van der Waals surface area contributed by atoms with Gasteiger partial charge in [-0.15, -0.1) is 0 Å². The number of carboxylic acids is 1. The number of amides is 1. The van der Waals surface area contributed by atoms with Crippen molar-refractivity contribution in [2.24, 2.45) is 0 Å². The van der Waals surface area contributed by atoms with Crippen molar-refractivity contribution >= 4 is 39.6 Å². The van der Waals surface area contributed by atoms with Gasteiger partial charge in [-0.2, -0.15) is 0 Å². The van der Waals surface area contributed by atoms with Crippen LogP contribution in [0.5, 0.6) is 11.5 Å². The van der Waals surface area contributed by atoms with Crippen LogP contribution >= 0.6 is 15.9 Å². The van der Waals surface area contributed by atoms with Gasteiger partial charge in [-0.05, 0) is 48.5 Å². The van der Waals surface area contributed by atoms with Crippen molar-refractivity contribution in [3.63, 3.8) is 0 Å². The van der Waals surface area contributed by atoms with Crippen LogP contribution in [-0.2, 0) is 9.59 Å². The van der Waals surface area contributed by atoms with Crippen LogP contribution in [-0.4, -0.2) is 30.7 Å². The molecule has 2 rings (SSSR count). The fourth-order valence-corrected chi connectivity index (χ4v) is 2.34. The molecule has 2 aromatic rings. The summed E-state index contributed by atoms with van der Waals surface area (Å²) in [4.78, 5) is 22.5. The van der Waals surface area contributed by atoms with Crippen molar-refractivity contribution < 1.29 is 24.2 Å². The van der Waals surface area contributed by atoms with E-state index in [9.17, 15) is 9.59 Å².